The van der Waals surface area contributed by atoms with Gasteiger partial charge < -0.3 is 10.6 Å². The van der Waals surface area contributed by atoms with E-state index in [0.29, 0.717) is 20.8 Å². The molecule has 6 nitrogen and oxygen atoms in total. The molecule has 108 valence electrons. The zero-order chi connectivity index (χ0) is 15.2. The molecule has 2 N–H and O–H groups in total. The Balaban J connectivity index is 1.89. The molecule has 0 saturated carbocycles. The molecule has 0 saturated heterocycles. The van der Waals surface area contributed by atoms with Crippen molar-refractivity contribution in [1.82, 2.24) is 9.97 Å². The second-order valence-electron chi connectivity index (χ2n) is 3.96. The SMILES string of the molecule is O=C(CC(=O)Nc1cccc(Br)n1)Nc1cccc(Br)n1. The molecule has 2 aromatic heterocycles. The van der Waals surface area contributed by atoms with Gasteiger partial charge in [0.2, 0.25) is 11.8 Å². The first-order valence-electron chi connectivity index (χ1n) is 5.88. The van der Waals surface area contributed by atoms with Gasteiger partial charge in [0.05, 0.1) is 0 Å². The van der Waals surface area contributed by atoms with E-state index in [9.17, 15) is 9.59 Å². The van der Waals surface area contributed by atoms with Crippen molar-refractivity contribution < 1.29 is 9.59 Å². The van der Waals surface area contributed by atoms with Crippen LogP contribution < -0.4 is 10.6 Å². The van der Waals surface area contributed by atoms with E-state index in [1.807, 2.05) is 0 Å². The fourth-order valence-corrected chi connectivity index (χ4v) is 2.16. The zero-order valence-electron chi connectivity index (χ0n) is 10.6. The molecule has 2 heterocycles. The smallest absolute Gasteiger partial charge is 0.234 e. The molecule has 21 heavy (non-hydrogen) atoms. The van der Waals surface area contributed by atoms with Crippen molar-refractivity contribution in [2.45, 2.75) is 6.42 Å². The quantitative estimate of drug-likeness (QED) is 0.596. The highest BCUT2D eigenvalue weighted by Gasteiger charge is 2.11. The molecule has 2 amide bonds. The molecule has 0 unspecified atom stereocenters. The normalized spacial score (nSPS) is 10.0. The van der Waals surface area contributed by atoms with Crippen LogP contribution in [0.3, 0.4) is 0 Å². The van der Waals surface area contributed by atoms with Crippen molar-refractivity contribution in [2.24, 2.45) is 0 Å². The molecule has 0 atom stereocenters. The fourth-order valence-electron chi connectivity index (χ4n) is 1.48. The van der Waals surface area contributed by atoms with Crippen molar-refractivity contribution in [1.29, 1.82) is 0 Å². The molecular formula is C13H10Br2N4O2. The maximum Gasteiger partial charge on any atom is 0.234 e. The van der Waals surface area contributed by atoms with Crippen LogP contribution >= 0.6 is 31.9 Å². The minimum absolute atomic E-state index is 0.317. The number of carbonyl (C=O) groups is 2. The standard InChI is InChI=1S/C13H10Br2N4O2/c14-8-3-1-5-10(16-8)18-12(20)7-13(21)19-11-6-2-4-9(15)17-11/h1-6H,7H2,(H,16,18,20)(H,17,19,21). The van der Waals surface area contributed by atoms with Gasteiger partial charge in [-0.25, -0.2) is 9.97 Å². The second-order valence-corrected chi connectivity index (χ2v) is 5.59. The molecule has 8 heteroatoms. The average molecular weight is 414 g/mol. The molecule has 0 aliphatic heterocycles. The highest BCUT2D eigenvalue weighted by atomic mass is 79.9. The number of hydrogen-bond acceptors (Lipinski definition) is 4. The van der Waals surface area contributed by atoms with Crippen molar-refractivity contribution >= 4 is 55.3 Å². The van der Waals surface area contributed by atoms with Crippen LogP contribution in [0.2, 0.25) is 0 Å². The summed E-state index contributed by atoms with van der Waals surface area (Å²) in [4.78, 5) is 31.6. The summed E-state index contributed by atoms with van der Waals surface area (Å²) in [6.45, 7) is 0. The van der Waals surface area contributed by atoms with E-state index >= 15 is 0 Å². The minimum atomic E-state index is -0.451. The predicted molar refractivity (Wildman–Crippen MR) is 85.8 cm³/mol. The van der Waals surface area contributed by atoms with Crippen molar-refractivity contribution in [3.63, 3.8) is 0 Å². The molecule has 0 spiro atoms. The van der Waals surface area contributed by atoms with E-state index in [1.165, 1.54) is 0 Å². The molecular weight excluding hydrogens is 404 g/mol. The van der Waals surface area contributed by atoms with E-state index in [1.54, 1.807) is 36.4 Å². The van der Waals surface area contributed by atoms with Gasteiger partial charge in [0.25, 0.3) is 0 Å². The van der Waals surface area contributed by atoms with E-state index in [4.69, 9.17) is 0 Å². The first-order chi connectivity index (χ1) is 10.0. The van der Waals surface area contributed by atoms with Gasteiger partial charge in [0.1, 0.15) is 27.3 Å². The van der Waals surface area contributed by atoms with Gasteiger partial charge in [-0.3, -0.25) is 9.59 Å². The van der Waals surface area contributed by atoms with Crippen molar-refractivity contribution in [3.05, 3.63) is 45.6 Å². The number of amides is 2. The van der Waals surface area contributed by atoms with Gasteiger partial charge in [0.15, 0.2) is 0 Å². The highest BCUT2D eigenvalue weighted by Crippen LogP contribution is 2.11. The van der Waals surface area contributed by atoms with Gasteiger partial charge in [0, 0.05) is 0 Å². The third-order valence-electron chi connectivity index (χ3n) is 2.29. The zero-order valence-corrected chi connectivity index (χ0v) is 13.8. The lowest BCUT2D eigenvalue weighted by molar-refractivity contribution is -0.123. The Bertz CT molecular complexity index is 621. The molecule has 0 fully saturated rings. The van der Waals surface area contributed by atoms with E-state index < -0.39 is 11.8 Å². The summed E-state index contributed by atoms with van der Waals surface area (Å²) in [6.07, 6.45) is -0.317. The lowest BCUT2D eigenvalue weighted by Gasteiger charge is -2.06. The maximum atomic E-state index is 11.7. The first kappa shape index (κ1) is 15.6. The lowest BCUT2D eigenvalue weighted by Crippen LogP contribution is -2.22. The Morgan fingerprint density at radius 2 is 1.29 bits per heavy atom. The molecule has 0 aliphatic rings. The van der Waals surface area contributed by atoms with Crippen LogP contribution in [0.1, 0.15) is 6.42 Å². The number of hydrogen-bond donors (Lipinski definition) is 2. The van der Waals surface area contributed by atoms with Gasteiger partial charge in [-0.05, 0) is 56.1 Å². The van der Waals surface area contributed by atoms with Crippen LogP contribution in [0.15, 0.2) is 45.6 Å². The van der Waals surface area contributed by atoms with Gasteiger partial charge in [-0.15, -0.1) is 0 Å². The van der Waals surface area contributed by atoms with Gasteiger partial charge in [-0.1, -0.05) is 12.1 Å². The fraction of sp³-hybridized carbons (Fsp3) is 0.0769. The van der Waals surface area contributed by atoms with Gasteiger partial charge in [-0.2, -0.15) is 0 Å². The minimum Gasteiger partial charge on any atom is -0.310 e. The third-order valence-corrected chi connectivity index (χ3v) is 3.17. The molecule has 0 radical (unpaired) electrons. The Labute approximate surface area is 137 Å². The molecule has 0 aromatic carbocycles. The van der Waals surface area contributed by atoms with E-state index in [-0.39, 0.29) is 6.42 Å². The van der Waals surface area contributed by atoms with Crippen LogP contribution in [0.5, 0.6) is 0 Å². The molecule has 0 bridgehead atoms. The maximum absolute atomic E-state index is 11.7. The van der Waals surface area contributed by atoms with E-state index in [0.717, 1.165) is 0 Å². The molecule has 0 aliphatic carbocycles. The van der Waals surface area contributed by atoms with Crippen LogP contribution in [-0.2, 0) is 9.59 Å². The first-order valence-corrected chi connectivity index (χ1v) is 7.46. The predicted octanol–water partition coefficient (Wildman–Crippen LogP) is 2.97. The Morgan fingerprint density at radius 1 is 0.857 bits per heavy atom. The number of rotatable bonds is 4. The van der Waals surface area contributed by atoms with Crippen LogP contribution in [0, 0.1) is 0 Å². The topological polar surface area (TPSA) is 84.0 Å². The summed E-state index contributed by atoms with van der Waals surface area (Å²) < 4.78 is 1.20. The van der Waals surface area contributed by atoms with Crippen LogP contribution in [-0.4, -0.2) is 21.8 Å². The lowest BCUT2D eigenvalue weighted by atomic mass is 10.3. The summed E-state index contributed by atoms with van der Waals surface area (Å²) >= 11 is 6.40. The molecule has 2 rings (SSSR count). The highest BCUT2D eigenvalue weighted by molar-refractivity contribution is 9.10. The Morgan fingerprint density at radius 3 is 1.67 bits per heavy atom. The number of nitrogens with zero attached hydrogens (tertiary/aromatic N) is 2. The summed E-state index contributed by atoms with van der Waals surface area (Å²) in [7, 11) is 0. The third kappa shape index (κ3) is 5.24. The number of halogens is 2. The largest absolute Gasteiger partial charge is 0.310 e. The summed E-state index contributed by atoms with van der Waals surface area (Å²) in [5.41, 5.74) is 0. The number of aromatic nitrogens is 2. The Hall–Kier alpha value is -1.80. The van der Waals surface area contributed by atoms with Crippen LogP contribution in [0.4, 0.5) is 11.6 Å². The van der Waals surface area contributed by atoms with E-state index in [2.05, 4.69) is 52.5 Å². The molecule has 2 aromatic rings. The Kier molecular flexibility index (Phi) is 5.40. The number of anilines is 2. The average Bonchev–Trinajstić information content (AvgIpc) is 2.38. The van der Waals surface area contributed by atoms with Crippen LogP contribution in [0.25, 0.3) is 0 Å². The summed E-state index contributed by atoms with van der Waals surface area (Å²) in [6, 6.07) is 10.2. The number of carbonyl (C=O) groups excluding carboxylic acids is 2. The second kappa shape index (κ2) is 7.28. The van der Waals surface area contributed by atoms with Gasteiger partial charge >= 0.3 is 0 Å². The summed E-state index contributed by atoms with van der Waals surface area (Å²) in [5.74, 6) is -0.147. The number of pyridine rings is 2. The van der Waals surface area contributed by atoms with Crippen molar-refractivity contribution in [3.8, 4) is 0 Å². The summed E-state index contributed by atoms with van der Waals surface area (Å²) in [5, 5.41) is 5.08. The monoisotopic (exact) mass is 412 g/mol. The number of nitrogens with one attached hydrogen (secondary N) is 2. The van der Waals surface area contributed by atoms with Crippen molar-refractivity contribution in [2.75, 3.05) is 10.6 Å².